The number of morpholine rings is 1. The Morgan fingerprint density at radius 3 is 2.26 bits per heavy atom. The molecule has 3 heterocycles. The Kier molecular flexibility index (Phi) is 9.08. The first-order valence-corrected chi connectivity index (χ1v) is 12.7. The van der Waals surface area contributed by atoms with E-state index in [1.165, 1.54) is 12.8 Å². The van der Waals surface area contributed by atoms with Crippen LogP contribution in [-0.2, 0) is 22.6 Å². The number of nitrogens with one attached hydrogen (secondary N) is 1. The smallest absolute Gasteiger partial charge is 0.475 e. The van der Waals surface area contributed by atoms with E-state index in [-0.39, 0.29) is 5.91 Å². The molecule has 9 nitrogen and oxygen atoms in total. The Bertz CT molecular complexity index is 1270. The minimum atomic E-state index is -5.08. The van der Waals surface area contributed by atoms with Gasteiger partial charge in [0.05, 0.1) is 13.2 Å². The van der Waals surface area contributed by atoms with Crippen molar-refractivity contribution in [2.45, 2.75) is 32.1 Å². The minimum absolute atomic E-state index is 0.0855. The summed E-state index contributed by atoms with van der Waals surface area (Å²) in [6.07, 6.45) is 3.07. The van der Waals surface area contributed by atoms with Crippen LogP contribution in [0.1, 0.15) is 28.9 Å². The molecular formula is C26H27ClF3N5O4. The lowest BCUT2D eigenvalue weighted by atomic mass is 10.2. The van der Waals surface area contributed by atoms with Crippen LogP contribution in [0.25, 0.3) is 11.1 Å². The third-order valence-electron chi connectivity index (χ3n) is 6.16. The van der Waals surface area contributed by atoms with Gasteiger partial charge in [0, 0.05) is 60.9 Å². The third kappa shape index (κ3) is 8.17. The van der Waals surface area contributed by atoms with E-state index < -0.39 is 12.1 Å². The molecule has 0 bridgehead atoms. The number of carbonyl (C=O) groups is 2. The normalized spacial score (nSPS) is 15.3. The Balaban J connectivity index is 0.000000448. The monoisotopic (exact) mass is 565 g/mol. The van der Waals surface area contributed by atoms with Crippen molar-refractivity contribution in [2.75, 3.05) is 31.2 Å². The summed E-state index contributed by atoms with van der Waals surface area (Å²) in [7, 11) is 0. The molecule has 2 aliphatic rings. The molecule has 0 unspecified atom stereocenters. The summed E-state index contributed by atoms with van der Waals surface area (Å²) in [5.41, 5.74) is 3.53. The number of hydrogen-bond donors (Lipinski definition) is 2. The number of carboxylic acid groups (broad SMARTS) is 1. The number of alkyl halides is 3. The van der Waals surface area contributed by atoms with Gasteiger partial charge in [0.1, 0.15) is 5.69 Å². The van der Waals surface area contributed by atoms with E-state index in [0.29, 0.717) is 36.4 Å². The van der Waals surface area contributed by atoms with Gasteiger partial charge in [0.2, 0.25) is 5.95 Å². The van der Waals surface area contributed by atoms with Gasteiger partial charge >= 0.3 is 12.1 Å². The first kappa shape index (κ1) is 28.4. The third-order valence-corrected chi connectivity index (χ3v) is 6.41. The van der Waals surface area contributed by atoms with Crippen LogP contribution >= 0.6 is 11.6 Å². The molecule has 0 atom stereocenters. The van der Waals surface area contributed by atoms with E-state index in [1.807, 2.05) is 48.9 Å². The van der Waals surface area contributed by atoms with Crippen LogP contribution in [0.5, 0.6) is 0 Å². The van der Waals surface area contributed by atoms with Crippen LogP contribution in [0.2, 0.25) is 5.02 Å². The van der Waals surface area contributed by atoms with E-state index >= 15 is 0 Å². The number of anilines is 1. The summed E-state index contributed by atoms with van der Waals surface area (Å²) >= 11 is 5.95. The number of aromatic nitrogens is 3. The summed E-state index contributed by atoms with van der Waals surface area (Å²) in [6.45, 7) is 4.31. The molecule has 2 N–H and O–H groups in total. The zero-order valence-corrected chi connectivity index (χ0v) is 21.6. The van der Waals surface area contributed by atoms with Crippen LogP contribution in [0.15, 0.2) is 48.9 Å². The van der Waals surface area contributed by atoms with Crippen molar-refractivity contribution >= 4 is 29.4 Å². The van der Waals surface area contributed by atoms with Crippen molar-refractivity contribution in [3.05, 3.63) is 65.2 Å². The van der Waals surface area contributed by atoms with E-state index in [4.69, 9.17) is 26.2 Å². The minimum Gasteiger partial charge on any atom is -0.475 e. The molecule has 1 saturated heterocycles. The standard InChI is InChI=1S/C24H26ClN5O2.C2HF3O2/c25-21-5-3-17(4-6-21)12-26-23(31)22-11-19(16-30(22)15-18-1-2-18)20-13-27-24(28-14-20)29-7-9-32-10-8-29;3-2(4,5)1(6)7/h3-6,11,13-14,16,18H,1-2,7-10,12,15H2,(H,26,31);(H,6,7). The average Bonchev–Trinajstić information content (AvgIpc) is 3.64. The van der Waals surface area contributed by atoms with Crippen LogP contribution in [0.4, 0.5) is 19.1 Å². The van der Waals surface area contributed by atoms with Crippen LogP contribution in [0, 0.1) is 5.92 Å². The van der Waals surface area contributed by atoms with Crippen molar-refractivity contribution in [3.63, 3.8) is 0 Å². The van der Waals surface area contributed by atoms with Gasteiger partial charge in [-0.25, -0.2) is 14.8 Å². The molecular weight excluding hydrogens is 539 g/mol. The maximum Gasteiger partial charge on any atom is 0.490 e. The van der Waals surface area contributed by atoms with Crippen molar-refractivity contribution in [1.29, 1.82) is 0 Å². The van der Waals surface area contributed by atoms with Gasteiger partial charge in [-0.3, -0.25) is 4.79 Å². The fourth-order valence-corrected chi connectivity index (χ4v) is 3.99. The predicted octanol–water partition coefficient (Wildman–Crippen LogP) is 4.41. The Morgan fingerprint density at radius 1 is 1.08 bits per heavy atom. The molecule has 1 saturated carbocycles. The van der Waals surface area contributed by atoms with Gasteiger partial charge in [-0.1, -0.05) is 23.7 Å². The highest BCUT2D eigenvalue weighted by Crippen LogP contribution is 2.32. The second-order valence-corrected chi connectivity index (χ2v) is 9.63. The molecule has 0 spiro atoms. The molecule has 208 valence electrons. The molecule has 1 aromatic carbocycles. The number of halogens is 4. The highest BCUT2D eigenvalue weighted by atomic mass is 35.5. The highest BCUT2D eigenvalue weighted by molar-refractivity contribution is 6.30. The first-order valence-electron chi connectivity index (χ1n) is 12.3. The fourth-order valence-electron chi connectivity index (χ4n) is 3.86. The molecule has 1 amide bonds. The average molecular weight is 566 g/mol. The van der Waals surface area contributed by atoms with Gasteiger partial charge in [-0.2, -0.15) is 13.2 Å². The molecule has 1 aliphatic heterocycles. The van der Waals surface area contributed by atoms with Crippen molar-refractivity contribution in [3.8, 4) is 11.1 Å². The quantitative estimate of drug-likeness (QED) is 0.437. The van der Waals surface area contributed by atoms with Gasteiger partial charge in [-0.05, 0) is 42.5 Å². The molecule has 13 heteroatoms. The van der Waals surface area contributed by atoms with Crippen LogP contribution < -0.4 is 10.2 Å². The lowest BCUT2D eigenvalue weighted by Crippen LogP contribution is -2.37. The van der Waals surface area contributed by atoms with Gasteiger partial charge in [-0.15, -0.1) is 0 Å². The SMILES string of the molecule is O=C(NCc1ccc(Cl)cc1)c1cc(-c2cnc(N3CCOCC3)nc2)cn1CC1CC1.O=C(O)C(F)(F)F. The maximum atomic E-state index is 13.0. The fraction of sp³-hybridized carbons (Fsp3) is 0.385. The van der Waals surface area contributed by atoms with E-state index in [2.05, 4.69) is 24.8 Å². The lowest BCUT2D eigenvalue weighted by Gasteiger charge is -2.26. The largest absolute Gasteiger partial charge is 0.490 e. The number of benzene rings is 1. The van der Waals surface area contributed by atoms with E-state index in [9.17, 15) is 18.0 Å². The molecule has 39 heavy (non-hydrogen) atoms. The molecule has 1 aliphatic carbocycles. The Morgan fingerprint density at radius 2 is 1.69 bits per heavy atom. The summed E-state index contributed by atoms with van der Waals surface area (Å²) in [5, 5.41) is 10.8. The summed E-state index contributed by atoms with van der Waals surface area (Å²) in [5.74, 6) is -1.47. The zero-order valence-electron chi connectivity index (χ0n) is 20.8. The molecule has 5 rings (SSSR count). The lowest BCUT2D eigenvalue weighted by molar-refractivity contribution is -0.192. The number of nitrogens with zero attached hydrogens (tertiary/aromatic N) is 4. The zero-order chi connectivity index (χ0) is 28.0. The predicted molar refractivity (Wildman–Crippen MR) is 138 cm³/mol. The van der Waals surface area contributed by atoms with Gasteiger partial charge in [0.25, 0.3) is 5.91 Å². The summed E-state index contributed by atoms with van der Waals surface area (Å²) in [6, 6.07) is 9.44. The number of hydrogen-bond acceptors (Lipinski definition) is 6. The van der Waals surface area contributed by atoms with E-state index in [0.717, 1.165) is 42.3 Å². The van der Waals surface area contributed by atoms with Crippen LogP contribution in [-0.4, -0.2) is 64.0 Å². The van der Waals surface area contributed by atoms with Crippen molar-refractivity contribution in [2.24, 2.45) is 5.92 Å². The second-order valence-electron chi connectivity index (χ2n) is 9.19. The summed E-state index contributed by atoms with van der Waals surface area (Å²) < 4.78 is 39.2. The van der Waals surface area contributed by atoms with Gasteiger partial charge < -0.3 is 24.6 Å². The molecule has 2 fully saturated rings. The number of carboxylic acids is 1. The molecule has 0 radical (unpaired) electrons. The van der Waals surface area contributed by atoms with Crippen LogP contribution in [0.3, 0.4) is 0 Å². The topological polar surface area (TPSA) is 110 Å². The Hall–Kier alpha value is -3.64. The van der Waals surface area contributed by atoms with E-state index in [1.54, 1.807) is 0 Å². The number of ether oxygens (including phenoxy) is 1. The second kappa shape index (κ2) is 12.5. The summed E-state index contributed by atoms with van der Waals surface area (Å²) in [4.78, 5) is 33.1. The van der Waals surface area contributed by atoms with Gasteiger partial charge in [0.15, 0.2) is 0 Å². The first-order chi connectivity index (χ1) is 18.6. The number of carbonyl (C=O) groups excluding carboxylic acids is 1. The molecule has 2 aromatic heterocycles. The van der Waals surface area contributed by atoms with Crippen molar-refractivity contribution in [1.82, 2.24) is 19.9 Å². The highest BCUT2D eigenvalue weighted by Gasteiger charge is 2.38. The number of amides is 1. The molecule has 3 aromatic rings. The Labute approximate surface area is 227 Å². The maximum absolute atomic E-state index is 13.0. The number of rotatable bonds is 7. The van der Waals surface area contributed by atoms with Crippen molar-refractivity contribution < 1.29 is 32.6 Å². The number of aliphatic carboxylic acids is 1.